The molecular formula is C24H23BrCl2N2O6. The van der Waals surface area contributed by atoms with E-state index in [4.69, 9.17) is 27.9 Å². The fourth-order valence-electron chi connectivity index (χ4n) is 6.27. The molecule has 2 heterocycles. The summed E-state index contributed by atoms with van der Waals surface area (Å²) in [5.41, 5.74) is 1.12. The number of fused-ring (bicyclic) bond motifs is 4. The van der Waals surface area contributed by atoms with Gasteiger partial charge in [-0.15, -0.1) is 23.2 Å². The first kappa shape index (κ1) is 24.6. The molecule has 5 rings (SSSR count). The van der Waals surface area contributed by atoms with Crippen molar-refractivity contribution in [3.05, 3.63) is 35.4 Å². The highest BCUT2D eigenvalue weighted by molar-refractivity contribution is 9.09. The van der Waals surface area contributed by atoms with E-state index >= 15 is 0 Å². The van der Waals surface area contributed by atoms with Crippen LogP contribution in [0.15, 0.2) is 29.8 Å². The van der Waals surface area contributed by atoms with Gasteiger partial charge in [-0.3, -0.25) is 29.0 Å². The predicted molar refractivity (Wildman–Crippen MR) is 130 cm³/mol. The SMILES string of the molecule is CCOc1cc(C2C3=CCC4C(=O)N(C)C(=O)C4C3CC3(Cl)C(=O)N(CBr)C(=O)C23Cl)ccc1O. The second kappa shape index (κ2) is 8.21. The highest BCUT2D eigenvalue weighted by Gasteiger charge is 2.76. The monoisotopic (exact) mass is 584 g/mol. The minimum atomic E-state index is -1.88. The number of nitrogens with zero attached hydrogens (tertiary/aromatic N) is 2. The number of benzene rings is 1. The van der Waals surface area contributed by atoms with Gasteiger partial charge in [0.05, 0.1) is 23.9 Å². The molecule has 6 unspecified atom stereocenters. The molecule has 1 aromatic rings. The van der Waals surface area contributed by atoms with Crippen molar-refractivity contribution >= 4 is 62.8 Å². The summed E-state index contributed by atoms with van der Waals surface area (Å²) < 4.78 is 5.56. The van der Waals surface area contributed by atoms with Crippen LogP contribution >= 0.6 is 39.1 Å². The number of rotatable bonds is 4. The van der Waals surface area contributed by atoms with Crippen LogP contribution in [0.2, 0.25) is 0 Å². The zero-order valence-corrected chi connectivity index (χ0v) is 22.1. The average molecular weight is 586 g/mol. The number of hydrogen-bond donors (Lipinski definition) is 1. The number of aromatic hydroxyl groups is 1. The van der Waals surface area contributed by atoms with Crippen molar-refractivity contribution in [2.24, 2.45) is 17.8 Å². The number of imide groups is 2. The smallest absolute Gasteiger partial charge is 0.254 e. The maximum atomic E-state index is 13.7. The zero-order chi connectivity index (χ0) is 25.4. The lowest BCUT2D eigenvalue weighted by Crippen LogP contribution is -2.60. The van der Waals surface area contributed by atoms with Crippen molar-refractivity contribution in [1.82, 2.24) is 9.80 Å². The van der Waals surface area contributed by atoms with Gasteiger partial charge in [-0.1, -0.05) is 33.6 Å². The maximum Gasteiger partial charge on any atom is 0.254 e. The Balaban J connectivity index is 1.75. The molecule has 1 saturated carbocycles. The Bertz CT molecular complexity index is 1210. The minimum absolute atomic E-state index is 0.0567. The molecule has 6 atom stereocenters. The number of carbonyl (C=O) groups is 4. The Kier molecular flexibility index (Phi) is 5.77. The molecule has 1 N–H and O–H groups in total. The summed E-state index contributed by atoms with van der Waals surface area (Å²) in [6.45, 7) is 2.06. The van der Waals surface area contributed by atoms with Crippen molar-refractivity contribution < 1.29 is 29.0 Å². The quantitative estimate of drug-likeness (QED) is 0.252. The number of halogens is 3. The fourth-order valence-corrected chi connectivity index (χ4v) is 7.69. The molecular weight excluding hydrogens is 563 g/mol. The Morgan fingerprint density at radius 1 is 1.14 bits per heavy atom. The predicted octanol–water partition coefficient (Wildman–Crippen LogP) is 3.13. The third-order valence-corrected chi connectivity index (χ3v) is 9.77. The molecule has 4 aliphatic rings. The summed E-state index contributed by atoms with van der Waals surface area (Å²) in [5.74, 6) is -4.48. The van der Waals surface area contributed by atoms with Crippen molar-refractivity contribution in [2.75, 3.05) is 19.1 Å². The molecule has 0 spiro atoms. The molecule has 4 amide bonds. The number of amides is 4. The lowest BCUT2D eigenvalue weighted by molar-refractivity contribution is -0.140. The van der Waals surface area contributed by atoms with Crippen molar-refractivity contribution in [3.8, 4) is 11.5 Å². The maximum absolute atomic E-state index is 13.7. The Labute approximate surface area is 220 Å². The largest absolute Gasteiger partial charge is 0.504 e. The lowest BCUT2D eigenvalue weighted by Gasteiger charge is -2.50. The van der Waals surface area contributed by atoms with Gasteiger partial charge in [-0.05, 0) is 43.4 Å². The third-order valence-electron chi connectivity index (χ3n) is 7.85. The van der Waals surface area contributed by atoms with Crippen LogP contribution in [0.5, 0.6) is 11.5 Å². The number of phenolic OH excluding ortho intramolecular Hbond substituents is 1. The molecule has 3 fully saturated rings. The first-order valence-electron chi connectivity index (χ1n) is 11.3. The first-order valence-corrected chi connectivity index (χ1v) is 13.2. The molecule has 0 aromatic heterocycles. The molecule has 1 aromatic carbocycles. The topological polar surface area (TPSA) is 104 Å². The summed E-state index contributed by atoms with van der Waals surface area (Å²) in [6.07, 6.45) is 2.12. The number of alkyl halides is 3. The molecule has 0 radical (unpaired) electrons. The van der Waals surface area contributed by atoms with Gasteiger partial charge in [0.2, 0.25) is 11.8 Å². The summed E-state index contributed by atoms with van der Waals surface area (Å²) in [6, 6.07) is 4.64. The van der Waals surface area contributed by atoms with Gasteiger partial charge in [0.15, 0.2) is 21.2 Å². The molecule has 2 aliphatic heterocycles. The number of hydrogen-bond acceptors (Lipinski definition) is 6. The van der Waals surface area contributed by atoms with E-state index < -0.39 is 45.2 Å². The van der Waals surface area contributed by atoms with Gasteiger partial charge in [0, 0.05) is 13.0 Å². The third kappa shape index (κ3) is 3.04. The van der Waals surface area contributed by atoms with E-state index in [1.807, 2.05) is 6.08 Å². The Morgan fingerprint density at radius 3 is 2.51 bits per heavy atom. The number of allylic oxidation sites excluding steroid dienone is 2. The van der Waals surface area contributed by atoms with Gasteiger partial charge in [-0.2, -0.15) is 0 Å². The van der Waals surface area contributed by atoms with Crippen LogP contribution in [0.25, 0.3) is 0 Å². The average Bonchev–Trinajstić information content (AvgIpc) is 3.14. The van der Waals surface area contributed by atoms with Crippen LogP contribution in [0.4, 0.5) is 0 Å². The second-order valence-electron chi connectivity index (χ2n) is 9.38. The summed E-state index contributed by atoms with van der Waals surface area (Å²) in [5, 5.41) is 10.3. The van der Waals surface area contributed by atoms with E-state index in [1.165, 1.54) is 13.1 Å². The van der Waals surface area contributed by atoms with Crippen LogP contribution in [0.3, 0.4) is 0 Å². The number of ether oxygens (including phenoxy) is 1. The standard InChI is InChI=1S/C24H23BrCl2N2O6/c1-3-35-16-8-11(4-7-15(16)30)18-12-5-6-13-17(20(32)28(2)19(13)31)14(12)9-23(26)21(33)29(10-25)22(34)24(18,23)27/h4-5,7-8,13-14,17-18,30H,3,6,9-10H2,1-2H3. The van der Waals surface area contributed by atoms with Gasteiger partial charge in [0.25, 0.3) is 11.8 Å². The summed E-state index contributed by atoms with van der Waals surface area (Å²) in [7, 11) is 1.45. The molecule has 2 saturated heterocycles. The van der Waals surface area contributed by atoms with Crippen LogP contribution in [-0.4, -0.2) is 67.4 Å². The van der Waals surface area contributed by atoms with E-state index in [9.17, 15) is 24.3 Å². The number of carbonyl (C=O) groups excluding carboxylic acids is 4. The zero-order valence-electron chi connectivity index (χ0n) is 19.0. The van der Waals surface area contributed by atoms with Crippen LogP contribution in [-0.2, 0) is 19.2 Å². The fraction of sp³-hybridized carbons (Fsp3) is 0.500. The molecule has 0 bridgehead atoms. The Hall–Kier alpha value is -2.10. The van der Waals surface area contributed by atoms with E-state index in [0.717, 1.165) is 9.80 Å². The van der Waals surface area contributed by atoms with Gasteiger partial charge in [0.1, 0.15) is 0 Å². The van der Waals surface area contributed by atoms with E-state index in [2.05, 4.69) is 15.9 Å². The normalized spacial score (nSPS) is 36.2. The van der Waals surface area contributed by atoms with Gasteiger partial charge >= 0.3 is 0 Å². The van der Waals surface area contributed by atoms with Gasteiger partial charge in [-0.25, -0.2) is 0 Å². The van der Waals surface area contributed by atoms with Crippen LogP contribution in [0.1, 0.15) is 31.2 Å². The number of likely N-dealkylation sites (tertiary alicyclic amines) is 2. The molecule has 186 valence electrons. The van der Waals surface area contributed by atoms with E-state index in [-0.39, 0.29) is 35.2 Å². The number of phenols is 1. The molecule has 11 heteroatoms. The molecule has 2 aliphatic carbocycles. The highest BCUT2D eigenvalue weighted by atomic mass is 79.9. The molecule has 35 heavy (non-hydrogen) atoms. The molecule has 8 nitrogen and oxygen atoms in total. The van der Waals surface area contributed by atoms with Crippen LogP contribution in [0, 0.1) is 17.8 Å². The lowest BCUT2D eigenvalue weighted by atomic mass is 9.56. The van der Waals surface area contributed by atoms with Crippen LogP contribution < -0.4 is 4.74 Å². The summed E-state index contributed by atoms with van der Waals surface area (Å²) >= 11 is 17.4. The second-order valence-corrected chi connectivity index (χ2v) is 11.1. The highest BCUT2D eigenvalue weighted by Crippen LogP contribution is 2.65. The first-order chi connectivity index (χ1) is 16.5. The minimum Gasteiger partial charge on any atom is -0.504 e. The van der Waals surface area contributed by atoms with Crippen molar-refractivity contribution in [2.45, 2.75) is 35.4 Å². The van der Waals surface area contributed by atoms with Gasteiger partial charge < -0.3 is 9.84 Å². The van der Waals surface area contributed by atoms with E-state index in [1.54, 1.807) is 19.1 Å². The van der Waals surface area contributed by atoms with Crippen molar-refractivity contribution in [1.29, 1.82) is 0 Å². The van der Waals surface area contributed by atoms with E-state index in [0.29, 0.717) is 24.2 Å². The van der Waals surface area contributed by atoms with Crippen molar-refractivity contribution in [3.63, 3.8) is 0 Å². The Morgan fingerprint density at radius 2 is 1.86 bits per heavy atom. The summed E-state index contributed by atoms with van der Waals surface area (Å²) in [4.78, 5) is 51.5.